The van der Waals surface area contributed by atoms with Crippen LogP contribution < -0.4 is 0 Å². The van der Waals surface area contributed by atoms with Crippen molar-refractivity contribution in [3.8, 4) is 0 Å². The van der Waals surface area contributed by atoms with Gasteiger partial charge in [-0.2, -0.15) is 0 Å². The normalized spacial score (nSPS) is 36.0. The number of methoxy groups -OCH3 is 1. The molecule has 0 amide bonds. The molecular weight excluding hydrogens is 536 g/mol. The van der Waals surface area contributed by atoms with Crippen molar-refractivity contribution in [2.75, 3.05) is 13.7 Å². The third kappa shape index (κ3) is 7.26. The fraction of sp³-hybridized carbons (Fsp3) is 0.706. The van der Waals surface area contributed by atoms with E-state index in [0.29, 0.717) is 0 Å². The van der Waals surface area contributed by atoms with Crippen molar-refractivity contribution in [1.82, 2.24) is 0 Å². The Morgan fingerprint density at radius 2 is 1.86 bits per heavy atom. The molecule has 4 aliphatic rings. The molecule has 0 radical (unpaired) electrons. The van der Waals surface area contributed by atoms with Crippen LogP contribution >= 0.6 is 0 Å². The maximum atomic E-state index is 13.4. The smallest absolute Gasteiger partial charge is 0.351 e. The molecule has 2 N–H and O–H groups in total. The quantitative estimate of drug-likeness (QED) is 0.179. The van der Waals surface area contributed by atoms with Crippen LogP contribution in [0, 0.1) is 29.6 Å². The van der Waals surface area contributed by atoms with Crippen molar-refractivity contribution in [2.24, 2.45) is 29.6 Å². The van der Waals surface area contributed by atoms with Gasteiger partial charge in [-0.25, -0.2) is 4.79 Å². The lowest BCUT2D eigenvalue weighted by Crippen LogP contribution is -2.38. The van der Waals surface area contributed by atoms with Crippen LogP contribution in [-0.2, 0) is 28.5 Å². The van der Waals surface area contributed by atoms with Gasteiger partial charge in [0.15, 0.2) is 17.3 Å². The Morgan fingerprint density at radius 3 is 2.52 bits per heavy atom. The molecule has 3 heterocycles. The Kier molecular flexibility index (Phi) is 11.3. The zero-order valence-electron chi connectivity index (χ0n) is 25.9. The lowest BCUT2D eigenvalue weighted by atomic mass is 9.65. The molecule has 2 saturated heterocycles. The average molecular weight is 587 g/mol. The summed E-state index contributed by atoms with van der Waals surface area (Å²) in [5, 5.41) is 20.8. The second-order valence-electron chi connectivity index (χ2n) is 12.9. The van der Waals surface area contributed by atoms with Crippen LogP contribution in [0.25, 0.3) is 0 Å². The number of hydrogen-bond donors (Lipinski definition) is 2. The standard InChI is InChI=1S/C34H50O8/c1-19-9-7-10-24(29(19)21(3)31(36)30-32(37)23(5)40-34(30)38)17-25(18-35)33-20(2)13-14-27(42-33)12-8-11-26-15-16-28(41-26)22(4)39-6/h8,12,17,19-22,24,26-29,33,35,37H,5,7,9-11,13-16,18H2,1-4,6H3/b12-8+,25-17+/t19-,20-,21+,22?,24-,26+,27-,28-,29-,33-/m0/s1. The molecule has 10 atom stereocenters. The maximum Gasteiger partial charge on any atom is 0.351 e. The third-order valence-corrected chi connectivity index (χ3v) is 10.0. The third-order valence-electron chi connectivity index (χ3n) is 10.0. The average Bonchev–Trinajstić information content (AvgIpc) is 3.54. The Labute approximate surface area is 250 Å². The Bertz CT molecular complexity index is 1090. The SMILES string of the molecule is C=C1OC(=O)C(C(=O)[C@H](C)[C@H]2[C@H](/C=C(\CO)[C@H]3O[C@@H](/C=C/C[C@@H]4CC[C@@H](C(C)OC)O4)CC[C@@H]3C)CCC[C@@H]2C)=C1O. The molecule has 0 aromatic rings. The molecule has 1 saturated carbocycles. The van der Waals surface area contributed by atoms with Gasteiger partial charge >= 0.3 is 5.97 Å². The van der Waals surface area contributed by atoms with E-state index in [1.807, 2.05) is 13.8 Å². The second kappa shape index (κ2) is 14.5. The molecule has 1 unspecified atom stereocenters. The number of aliphatic hydroxyl groups excluding tert-OH is 2. The fourth-order valence-corrected chi connectivity index (χ4v) is 7.47. The van der Waals surface area contributed by atoms with Gasteiger partial charge in [0, 0.05) is 13.0 Å². The summed E-state index contributed by atoms with van der Waals surface area (Å²) in [7, 11) is 1.72. The van der Waals surface area contributed by atoms with Gasteiger partial charge in [0.05, 0.1) is 37.1 Å². The summed E-state index contributed by atoms with van der Waals surface area (Å²) in [4.78, 5) is 25.7. The van der Waals surface area contributed by atoms with Crippen LogP contribution in [0.5, 0.6) is 0 Å². The van der Waals surface area contributed by atoms with Gasteiger partial charge in [0.25, 0.3) is 0 Å². The molecule has 0 aromatic carbocycles. The van der Waals surface area contributed by atoms with Gasteiger partial charge in [0.2, 0.25) is 0 Å². The molecule has 8 nitrogen and oxygen atoms in total. The first-order chi connectivity index (χ1) is 20.0. The van der Waals surface area contributed by atoms with E-state index in [2.05, 4.69) is 38.7 Å². The van der Waals surface area contributed by atoms with Gasteiger partial charge in [0.1, 0.15) is 5.57 Å². The number of allylic oxidation sites excluding steroid dienone is 1. The molecule has 0 bridgehead atoms. The second-order valence-corrected chi connectivity index (χ2v) is 12.9. The number of ether oxygens (including phenoxy) is 4. The van der Waals surface area contributed by atoms with Crippen molar-refractivity contribution < 1.29 is 38.7 Å². The van der Waals surface area contributed by atoms with Gasteiger partial charge in [-0.3, -0.25) is 4.79 Å². The van der Waals surface area contributed by atoms with Crippen LogP contribution in [-0.4, -0.2) is 66.2 Å². The number of Topliss-reactive ketones (excluding diaryl/α,β-unsaturated/α-hetero) is 1. The number of hydrogen-bond acceptors (Lipinski definition) is 8. The van der Waals surface area contributed by atoms with Crippen molar-refractivity contribution in [3.05, 3.63) is 47.5 Å². The van der Waals surface area contributed by atoms with Crippen molar-refractivity contribution >= 4 is 11.8 Å². The van der Waals surface area contributed by atoms with E-state index in [0.717, 1.165) is 56.9 Å². The fourth-order valence-electron chi connectivity index (χ4n) is 7.47. The van der Waals surface area contributed by atoms with E-state index in [1.165, 1.54) is 0 Å². The molecular formula is C34H50O8. The van der Waals surface area contributed by atoms with Gasteiger partial charge < -0.3 is 29.2 Å². The van der Waals surface area contributed by atoms with Crippen LogP contribution in [0.15, 0.2) is 47.5 Å². The largest absolute Gasteiger partial charge is 0.504 e. The van der Waals surface area contributed by atoms with E-state index in [4.69, 9.17) is 18.9 Å². The molecule has 0 aromatic heterocycles. The lowest BCUT2D eigenvalue weighted by molar-refractivity contribution is -0.136. The van der Waals surface area contributed by atoms with E-state index in [9.17, 15) is 19.8 Å². The first-order valence-electron chi connectivity index (χ1n) is 15.8. The predicted molar refractivity (Wildman–Crippen MR) is 159 cm³/mol. The summed E-state index contributed by atoms with van der Waals surface area (Å²) >= 11 is 0. The minimum absolute atomic E-state index is 0.0331. The highest BCUT2D eigenvalue weighted by Gasteiger charge is 2.43. The lowest BCUT2D eigenvalue weighted by Gasteiger charge is -2.40. The van der Waals surface area contributed by atoms with Crippen LogP contribution in [0.2, 0.25) is 0 Å². The predicted octanol–water partition coefficient (Wildman–Crippen LogP) is 5.76. The number of cyclic esters (lactones) is 1. The highest BCUT2D eigenvalue weighted by Crippen LogP contribution is 2.43. The zero-order valence-corrected chi connectivity index (χ0v) is 25.9. The number of aliphatic hydroxyl groups is 2. The number of carbonyl (C=O) groups excluding carboxylic acids is 2. The molecule has 4 rings (SSSR count). The van der Waals surface area contributed by atoms with Crippen molar-refractivity contribution in [2.45, 2.75) is 110 Å². The topological polar surface area (TPSA) is 112 Å². The zero-order chi connectivity index (χ0) is 30.6. The first-order valence-corrected chi connectivity index (χ1v) is 15.8. The summed E-state index contributed by atoms with van der Waals surface area (Å²) in [6.45, 7) is 11.6. The molecule has 3 fully saturated rings. The number of rotatable bonds is 11. The Morgan fingerprint density at radius 1 is 1.10 bits per heavy atom. The molecule has 234 valence electrons. The monoisotopic (exact) mass is 586 g/mol. The Balaban J connectivity index is 1.44. The minimum atomic E-state index is -0.840. The van der Waals surface area contributed by atoms with E-state index in [1.54, 1.807) is 7.11 Å². The Hall–Kier alpha value is -2.26. The number of esters is 1. The molecule has 0 spiro atoms. The highest BCUT2D eigenvalue weighted by molar-refractivity contribution is 6.20. The van der Waals surface area contributed by atoms with E-state index in [-0.39, 0.29) is 72.1 Å². The van der Waals surface area contributed by atoms with Crippen molar-refractivity contribution in [1.29, 1.82) is 0 Å². The van der Waals surface area contributed by atoms with Crippen LogP contribution in [0.1, 0.15) is 79.1 Å². The minimum Gasteiger partial charge on any atom is -0.504 e. The summed E-state index contributed by atoms with van der Waals surface area (Å²) < 4.78 is 23.1. The summed E-state index contributed by atoms with van der Waals surface area (Å²) in [5.41, 5.74) is 0.552. The van der Waals surface area contributed by atoms with Gasteiger partial charge in [-0.15, -0.1) is 0 Å². The van der Waals surface area contributed by atoms with Crippen LogP contribution in [0.4, 0.5) is 0 Å². The molecule has 8 heteroatoms. The van der Waals surface area contributed by atoms with Crippen molar-refractivity contribution in [3.63, 3.8) is 0 Å². The first kappa shape index (κ1) is 32.6. The molecule has 1 aliphatic carbocycles. The maximum absolute atomic E-state index is 13.4. The number of carbonyl (C=O) groups is 2. The van der Waals surface area contributed by atoms with Crippen LogP contribution in [0.3, 0.4) is 0 Å². The molecule has 42 heavy (non-hydrogen) atoms. The summed E-state index contributed by atoms with van der Waals surface area (Å²) in [6.07, 6.45) is 14.3. The molecule has 3 aliphatic heterocycles. The summed E-state index contributed by atoms with van der Waals surface area (Å²) in [6, 6.07) is 0. The summed E-state index contributed by atoms with van der Waals surface area (Å²) in [5.74, 6) is -1.95. The number of ketones is 1. The highest BCUT2D eigenvalue weighted by atomic mass is 16.6. The van der Waals surface area contributed by atoms with E-state index >= 15 is 0 Å². The van der Waals surface area contributed by atoms with Gasteiger partial charge in [-0.1, -0.05) is 58.4 Å². The van der Waals surface area contributed by atoms with Gasteiger partial charge in [-0.05, 0) is 74.7 Å². The van der Waals surface area contributed by atoms with E-state index < -0.39 is 23.4 Å².